The monoisotopic (exact) mass is 330 g/mol. The molecule has 0 spiro atoms. The Morgan fingerprint density at radius 1 is 1.09 bits per heavy atom. The van der Waals surface area contributed by atoms with E-state index in [4.69, 9.17) is 24.1 Å². The molecule has 1 N–H and O–H groups in total. The van der Waals surface area contributed by atoms with E-state index in [1.807, 2.05) is 6.92 Å². The summed E-state index contributed by atoms with van der Waals surface area (Å²) in [6, 6.07) is 0. The van der Waals surface area contributed by atoms with Crippen molar-refractivity contribution < 1.29 is 33.6 Å². The van der Waals surface area contributed by atoms with Crippen molar-refractivity contribution in [1.29, 1.82) is 0 Å². The molecule has 0 amide bonds. The van der Waals surface area contributed by atoms with Gasteiger partial charge in [-0.1, -0.05) is 13.2 Å². The van der Waals surface area contributed by atoms with Crippen LogP contribution in [0, 0.1) is 0 Å². The van der Waals surface area contributed by atoms with Crippen LogP contribution in [0.2, 0.25) is 0 Å². The van der Waals surface area contributed by atoms with E-state index in [2.05, 4.69) is 13.2 Å². The van der Waals surface area contributed by atoms with Gasteiger partial charge in [0.1, 0.15) is 6.61 Å². The van der Waals surface area contributed by atoms with Crippen LogP contribution in [0.3, 0.4) is 0 Å². The van der Waals surface area contributed by atoms with Crippen LogP contribution in [0.5, 0.6) is 0 Å². The van der Waals surface area contributed by atoms with Gasteiger partial charge in [0, 0.05) is 24.2 Å². The van der Waals surface area contributed by atoms with Gasteiger partial charge < -0.3 is 24.1 Å². The summed E-state index contributed by atoms with van der Waals surface area (Å²) in [4.78, 5) is 21.9. The maximum atomic E-state index is 11.1. The van der Waals surface area contributed by atoms with Crippen molar-refractivity contribution in [3.05, 3.63) is 24.3 Å². The zero-order valence-electron chi connectivity index (χ0n) is 13.8. The van der Waals surface area contributed by atoms with Crippen molar-refractivity contribution in [2.45, 2.75) is 26.4 Å². The molecule has 0 aromatic carbocycles. The number of carboxylic acid groups (broad SMARTS) is 1. The molecule has 0 bridgehead atoms. The summed E-state index contributed by atoms with van der Waals surface area (Å²) >= 11 is 0. The Bertz CT molecular complexity index is 403. The van der Waals surface area contributed by atoms with E-state index in [-0.39, 0.29) is 37.9 Å². The first-order valence-electron chi connectivity index (χ1n) is 7.39. The molecule has 0 rings (SSSR count). The van der Waals surface area contributed by atoms with Crippen molar-refractivity contribution in [2.24, 2.45) is 0 Å². The fourth-order valence-electron chi connectivity index (χ4n) is 1.47. The fraction of sp³-hybridized carbons (Fsp3) is 0.625. The molecule has 23 heavy (non-hydrogen) atoms. The molecular formula is C16H26O7. The van der Waals surface area contributed by atoms with E-state index in [1.165, 1.54) is 0 Å². The van der Waals surface area contributed by atoms with Gasteiger partial charge in [0.2, 0.25) is 0 Å². The van der Waals surface area contributed by atoms with Crippen molar-refractivity contribution >= 4 is 11.9 Å². The first kappa shape index (κ1) is 21.3. The van der Waals surface area contributed by atoms with E-state index in [1.54, 1.807) is 6.92 Å². The smallest absolute Gasteiger partial charge is 0.333 e. The van der Waals surface area contributed by atoms with Gasteiger partial charge in [-0.15, -0.1) is 0 Å². The highest BCUT2D eigenvalue weighted by atomic mass is 16.6. The van der Waals surface area contributed by atoms with Gasteiger partial charge in [0.05, 0.1) is 32.5 Å². The predicted octanol–water partition coefficient (Wildman–Crippen LogP) is 1.57. The second-order valence-corrected chi connectivity index (χ2v) is 4.79. The maximum absolute atomic E-state index is 11.1. The lowest BCUT2D eigenvalue weighted by Gasteiger charge is -2.17. The standard InChI is InChI=1S/C16H26O7/c1-5-20-11-14(10-13(4)15(17)18)22-8-6-21-7-9-23-16(19)12(2)3/h14H,2,4-11H2,1,3H3,(H,17,18). The Labute approximate surface area is 136 Å². The molecule has 7 heteroatoms. The number of carbonyl (C=O) groups excluding carboxylic acids is 1. The molecule has 132 valence electrons. The van der Waals surface area contributed by atoms with E-state index >= 15 is 0 Å². The number of hydrogen-bond acceptors (Lipinski definition) is 6. The van der Waals surface area contributed by atoms with Crippen LogP contribution in [-0.2, 0) is 28.5 Å². The molecule has 0 aliphatic carbocycles. The zero-order chi connectivity index (χ0) is 17.7. The Hall–Kier alpha value is -1.70. The minimum absolute atomic E-state index is 0.0716. The van der Waals surface area contributed by atoms with Crippen LogP contribution in [0.15, 0.2) is 24.3 Å². The van der Waals surface area contributed by atoms with Gasteiger partial charge in [-0.3, -0.25) is 0 Å². The molecule has 0 fully saturated rings. The minimum Gasteiger partial charge on any atom is -0.478 e. The highest BCUT2D eigenvalue weighted by molar-refractivity contribution is 5.87. The van der Waals surface area contributed by atoms with Crippen LogP contribution in [0.25, 0.3) is 0 Å². The van der Waals surface area contributed by atoms with Crippen LogP contribution in [0.1, 0.15) is 20.3 Å². The van der Waals surface area contributed by atoms with Gasteiger partial charge in [-0.05, 0) is 13.8 Å². The summed E-state index contributed by atoms with van der Waals surface area (Å²) < 4.78 is 20.9. The Morgan fingerprint density at radius 2 is 1.74 bits per heavy atom. The highest BCUT2D eigenvalue weighted by Crippen LogP contribution is 2.08. The van der Waals surface area contributed by atoms with Gasteiger partial charge >= 0.3 is 11.9 Å². The minimum atomic E-state index is -1.05. The van der Waals surface area contributed by atoms with Gasteiger partial charge in [-0.2, -0.15) is 0 Å². The quantitative estimate of drug-likeness (QED) is 0.294. The molecule has 1 unspecified atom stereocenters. The van der Waals surface area contributed by atoms with E-state index in [9.17, 15) is 9.59 Å². The summed E-state index contributed by atoms with van der Waals surface area (Å²) in [7, 11) is 0. The highest BCUT2D eigenvalue weighted by Gasteiger charge is 2.15. The molecule has 1 atom stereocenters. The van der Waals surface area contributed by atoms with Crippen molar-refractivity contribution in [2.75, 3.05) is 39.6 Å². The van der Waals surface area contributed by atoms with Crippen LogP contribution >= 0.6 is 0 Å². The molecule has 0 aromatic rings. The van der Waals surface area contributed by atoms with Crippen molar-refractivity contribution in [1.82, 2.24) is 0 Å². The summed E-state index contributed by atoms with van der Waals surface area (Å²) in [5.74, 6) is -1.50. The largest absolute Gasteiger partial charge is 0.478 e. The zero-order valence-corrected chi connectivity index (χ0v) is 13.8. The molecule has 0 aromatic heterocycles. The molecular weight excluding hydrogens is 304 g/mol. The van der Waals surface area contributed by atoms with Crippen molar-refractivity contribution in [3.63, 3.8) is 0 Å². The third kappa shape index (κ3) is 11.5. The molecule has 0 heterocycles. The fourth-order valence-corrected chi connectivity index (χ4v) is 1.47. The molecule has 7 nitrogen and oxygen atoms in total. The first-order chi connectivity index (χ1) is 10.9. The lowest BCUT2D eigenvalue weighted by atomic mass is 10.1. The van der Waals surface area contributed by atoms with Gasteiger partial charge in [0.25, 0.3) is 0 Å². The first-order valence-corrected chi connectivity index (χ1v) is 7.39. The van der Waals surface area contributed by atoms with Crippen LogP contribution < -0.4 is 0 Å². The SMILES string of the molecule is C=C(C)C(=O)OCCOCCOC(COCC)CC(=C)C(=O)O. The lowest BCUT2D eigenvalue weighted by molar-refractivity contribution is -0.141. The average molecular weight is 330 g/mol. The Morgan fingerprint density at radius 3 is 2.30 bits per heavy atom. The van der Waals surface area contributed by atoms with E-state index in [0.717, 1.165) is 0 Å². The molecule has 0 saturated carbocycles. The third-order valence-corrected chi connectivity index (χ3v) is 2.67. The summed E-state index contributed by atoms with van der Waals surface area (Å²) in [5, 5.41) is 8.84. The van der Waals surface area contributed by atoms with Crippen LogP contribution in [-0.4, -0.2) is 62.8 Å². The van der Waals surface area contributed by atoms with Crippen LogP contribution in [0.4, 0.5) is 0 Å². The van der Waals surface area contributed by atoms with Crippen molar-refractivity contribution in [3.8, 4) is 0 Å². The Balaban J connectivity index is 3.85. The molecule has 0 aliphatic heterocycles. The number of hydrogen-bond donors (Lipinski definition) is 1. The maximum Gasteiger partial charge on any atom is 0.333 e. The van der Waals surface area contributed by atoms with E-state index < -0.39 is 11.9 Å². The number of rotatable bonds is 14. The van der Waals surface area contributed by atoms with E-state index in [0.29, 0.717) is 25.4 Å². The third-order valence-electron chi connectivity index (χ3n) is 2.67. The molecule has 0 saturated heterocycles. The topological polar surface area (TPSA) is 91.3 Å². The summed E-state index contributed by atoms with van der Waals surface area (Å²) in [6.07, 6.45) is -0.200. The number of esters is 1. The number of carboxylic acids is 1. The van der Waals surface area contributed by atoms with Gasteiger partial charge in [-0.25, -0.2) is 9.59 Å². The second kappa shape index (κ2) is 12.8. The second-order valence-electron chi connectivity index (χ2n) is 4.79. The summed E-state index contributed by atoms with van der Waals surface area (Å²) in [5.41, 5.74) is 0.410. The van der Waals surface area contributed by atoms with Gasteiger partial charge in [0.15, 0.2) is 0 Å². The Kier molecular flexibility index (Phi) is 11.9. The molecule has 0 radical (unpaired) electrons. The number of carbonyl (C=O) groups is 2. The molecule has 0 aliphatic rings. The number of ether oxygens (including phenoxy) is 4. The average Bonchev–Trinajstić information content (AvgIpc) is 2.50. The normalized spacial score (nSPS) is 11.7. The number of aliphatic carboxylic acids is 1. The predicted molar refractivity (Wildman–Crippen MR) is 84.2 cm³/mol. The lowest BCUT2D eigenvalue weighted by Crippen LogP contribution is -2.24. The summed E-state index contributed by atoms with van der Waals surface area (Å²) in [6.45, 7) is 12.1.